The summed E-state index contributed by atoms with van der Waals surface area (Å²) in [6.45, 7) is 7.02. The molecule has 2 amide bonds. The third-order valence-electron chi connectivity index (χ3n) is 5.98. The van der Waals surface area contributed by atoms with Crippen molar-refractivity contribution in [3.63, 3.8) is 0 Å². The molecular weight excluding hydrogens is 522 g/mol. The van der Waals surface area contributed by atoms with E-state index < -0.39 is 28.5 Å². The SMILES string of the molecule is CC[C@@H](C(=O)NC(C)C)N(Cc1ccc(Cl)cc1)C(=O)CN(c1cccc(C)c1)S(=O)(=O)c1ccccc1. The molecule has 0 heterocycles. The maximum absolute atomic E-state index is 14.0. The number of nitrogens with one attached hydrogen (secondary N) is 1. The Morgan fingerprint density at radius 1 is 0.947 bits per heavy atom. The van der Waals surface area contributed by atoms with Gasteiger partial charge in [0.25, 0.3) is 10.0 Å². The zero-order chi connectivity index (χ0) is 27.9. The van der Waals surface area contributed by atoms with Crippen LogP contribution in [0.1, 0.15) is 38.3 Å². The van der Waals surface area contributed by atoms with E-state index >= 15 is 0 Å². The largest absolute Gasteiger partial charge is 0.352 e. The molecule has 3 rings (SSSR count). The molecule has 1 atom stereocenters. The molecule has 0 saturated heterocycles. The van der Waals surface area contributed by atoms with Gasteiger partial charge in [0.05, 0.1) is 10.6 Å². The summed E-state index contributed by atoms with van der Waals surface area (Å²) in [5.74, 6) is -0.787. The van der Waals surface area contributed by atoms with E-state index in [1.807, 2.05) is 33.8 Å². The Hall–Kier alpha value is -3.36. The van der Waals surface area contributed by atoms with E-state index in [0.717, 1.165) is 15.4 Å². The van der Waals surface area contributed by atoms with Crippen molar-refractivity contribution in [3.05, 3.63) is 95.0 Å². The summed E-state index contributed by atoms with van der Waals surface area (Å²) < 4.78 is 28.7. The first-order valence-corrected chi connectivity index (χ1v) is 14.3. The Morgan fingerprint density at radius 2 is 1.61 bits per heavy atom. The van der Waals surface area contributed by atoms with Gasteiger partial charge in [-0.1, -0.05) is 61.0 Å². The van der Waals surface area contributed by atoms with Gasteiger partial charge in [-0.3, -0.25) is 13.9 Å². The number of carbonyl (C=O) groups is 2. The quantitative estimate of drug-likeness (QED) is 0.353. The van der Waals surface area contributed by atoms with Crippen LogP contribution in [0.15, 0.2) is 83.8 Å². The number of aryl methyl sites for hydroxylation is 1. The van der Waals surface area contributed by atoms with Gasteiger partial charge in [-0.15, -0.1) is 0 Å². The van der Waals surface area contributed by atoms with Crippen molar-refractivity contribution in [3.8, 4) is 0 Å². The van der Waals surface area contributed by atoms with E-state index in [2.05, 4.69) is 5.32 Å². The van der Waals surface area contributed by atoms with E-state index in [1.54, 1.807) is 60.7 Å². The average molecular weight is 556 g/mol. The molecule has 3 aromatic rings. The van der Waals surface area contributed by atoms with Crippen LogP contribution in [0.4, 0.5) is 5.69 Å². The number of amides is 2. The molecule has 1 N–H and O–H groups in total. The molecule has 0 bridgehead atoms. The number of rotatable bonds is 11. The Morgan fingerprint density at radius 3 is 2.18 bits per heavy atom. The molecule has 0 aromatic heterocycles. The molecule has 38 heavy (non-hydrogen) atoms. The summed E-state index contributed by atoms with van der Waals surface area (Å²) in [4.78, 5) is 28.6. The van der Waals surface area contributed by atoms with E-state index in [9.17, 15) is 18.0 Å². The number of halogens is 1. The molecule has 0 aliphatic carbocycles. The van der Waals surface area contributed by atoms with Crippen molar-refractivity contribution >= 4 is 39.1 Å². The molecule has 0 aliphatic rings. The van der Waals surface area contributed by atoms with Crippen LogP contribution in [-0.2, 0) is 26.2 Å². The van der Waals surface area contributed by atoms with Crippen LogP contribution in [0.25, 0.3) is 0 Å². The number of sulfonamides is 1. The molecule has 0 unspecified atom stereocenters. The maximum Gasteiger partial charge on any atom is 0.264 e. The van der Waals surface area contributed by atoms with Crippen LogP contribution >= 0.6 is 11.6 Å². The van der Waals surface area contributed by atoms with Gasteiger partial charge in [0.15, 0.2) is 0 Å². The summed E-state index contributed by atoms with van der Waals surface area (Å²) in [6, 6.07) is 21.1. The van der Waals surface area contributed by atoms with Crippen molar-refractivity contribution in [1.29, 1.82) is 0 Å². The highest BCUT2D eigenvalue weighted by atomic mass is 35.5. The highest BCUT2D eigenvalue weighted by Crippen LogP contribution is 2.25. The highest BCUT2D eigenvalue weighted by molar-refractivity contribution is 7.92. The maximum atomic E-state index is 14.0. The minimum atomic E-state index is -4.08. The van der Waals surface area contributed by atoms with Crippen molar-refractivity contribution in [2.75, 3.05) is 10.8 Å². The first-order valence-electron chi connectivity index (χ1n) is 12.5. The van der Waals surface area contributed by atoms with E-state index in [1.165, 1.54) is 17.0 Å². The number of carbonyl (C=O) groups excluding carboxylic acids is 2. The number of benzene rings is 3. The molecule has 9 heteroatoms. The zero-order valence-corrected chi connectivity index (χ0v) is 23.7. The van der Waals surface area contributed by atoms with E-state index in [-0.39, 0.29) is 23.4 Å². The number of nitrogens with zero attached hydrogens (tertiary/aromatic N) is 2. The van der Waals surface area contributed by atoms with Crippen molar-refractivity contribution in [2.24, 2.45) is 0 Å². The van der Waals surface area contributed by atoms with Gasteiger partial charge in [-0.2, -0.15) is 0 Å². The fraction of sp³-hybridized carbons (Fsp3) is 0.310. The van der Waals surface area contributed by atoms with E-state index in [4.69, 9.17) is 11.6 Å². The van der Waals surface area contributed by atoms with Crippen LogP contribution in [-0.4, -0.2) is 43.8 Å². The topological polar surface area (TPSA) is 86.8 Å². The second-order valence-corrected chi connectivity index (χ2v) is 11.7. The van der Waals surface area contributed by atoms with Gasteiger partial charge < -0.3 is 10.2 Å². The molecule has 3 aromatic carbocycles. The summed E-state index contributed by atoms with van der Waals surface area (Å²) in [7, 11) is -4.08. The van der Waals surface area contributed by atoms with Crippen LogP contribution in [0, 0.1) is 6.92 Å². The predicted molar refractivity (Wildman–Crippen MR) is 152 cm³/mol. The highest BCUT2D eigenvalue weighted by Gasteiger charge is 2.33. The van der Waals surface area contributed by atoms with Gasteiger partial charge in [-0.05, 0) is 74.7 Å². The molecule has 0 fully saturated rings. The zero-order valence-electron chi connectivity index (χ0n) is 22.1. The predicted octanol–water partition coefficient (Wildman–Crippen LogP) is 5.18. The van der Waals surface area contributed by atoms with Gasteiger partial charge in [0.1, 0.15) is 12.6 Å². The fourth-order valence-corrected chi connectivity index (χ4v) is 5.67. The third-order valence-corrected chi connectivity index (χ3v) is 8.02. The minimum absolute atomic E-state index is 0.0724. The molecule has 0 radical (unpaired) electrons. The number of hydrogen-bond acceptors (Lipinski definition) is 4. The standard InChI is InChI=1S/C29H34ClN3O4S/c1-5-27(29(35)31-21(2)3)32(19-23-14-16-24(30)17-15-23)28(34)20-33(25-11-9-10-22(4)18-25)38(36,37)26-12-7-6-8-13-26/h6-18,21,27H,5,19-20H2,1-4H3,(H,31,35)/t27-/m0/s1. The lowest BCUT2D eigenvalue weighted by Crippen LogP contribution is -2.53. The summed E-state index contributed by atoms with van der Waals surface area (Å²) >= 11 is 6.05. The number of hydrogen-bond donors (Lipinski definition) is 1. The summed E-state index contributed by atoms with van der Waals surface area (Å²) in [5.41, 5.74) is 1.99. The second-order valence-electron chi connectivity index (χ2n) is 9.40. The first-order chi connectivity index (χ1) is 18.0. The van der Waals surface area contributed by atoms with Gasteiger partial charge in [0, 0.05) is 17.6 Å². The van der Waals surface area contributed by atoms with Crippen LogP contribution in [0.2, 0.25) is 5.02 Å². The molecule has 0 aliphatic heterocycles. The van der Waals surface area contributed by atoms with Gasteiger partial charge >= 0.3 is 0 Å². The summed E-state index contributed by atoms with van der Waals surface area (Å²) in [5, 5.41) is 3.44. The third kappa shape index (κ3) is 7.36. The Balaban J connectivity index is 2.05. The van der Waals surface area contributed by atoms with Crippen molar-refractivity contribution < 1.29 is 18.0 Å². The lowest BCUT2D eigenvalue weighted by Gasteiger charge is -2.33. The Kier molecular flexibility index (Phi) is 9.94. The fourth-order valence-electron chi connectivity index (χ4n) is 4.12. The van der Waals surface area contributed by atoms with Crippen LogP contribution in [0.3, 0.4) is 0 Å². The monoisotopic (exact) mass is 555 g/mol. The Bertz CT molecular complexity index is 1350. The van der Waals surface area contributed by atoms with Crippen molar-refractivity contribution in [1.82, 2.24) is 10.2 Å². The first kappa shape index (κ1) is 29.2. The lowest BCUT2D eigenvalue weighted by molar-refractivity contribution is -0.140. The van der Waals surface area contributed by atoms with Gasteiger partial charge in [0.2, 0.25) is 11.8 Å². The van der Waals surface area contributed by atoms with Crippen LogP contribution in [0.5, 0.6) is 0 Å². The minimum Gasteiger partial charge on any atom is -0.352 e. The average Bonchev–Trinajstić information content (AvgIpc) is 2.88. The second kappa shape index (κ2) is 12.9. The normalized spacial score (nSPS) is 12.2. The van der Waals surface area contributed by atoms with Crippen LogP contribution < -0.4 is 9.62 Å². The molecule has 0 spiro atoms. The molecule has 202 valence electrons. The Labute approximate surface area is 230 Å². The van der Waals surface area contributed by atoms with E-state index in [0.29, 0.717) is 17.1 Å². The number of anilines is 1. The molecular formula is C29H34ClN3O4S. The smallest absolute Gasteiger partial charge is 0.264 e. The summed E-state index contributed by atoms with van der Waals surface area (Å²) in [6.07, 6.45) is 0.355. The lowest BCUT2D eigenvalue weighted by atomic mass is 10.1. The molecule has 0 saturated carbocycles. The molecule has 7 nitrogen and oxygen atoms in total. The van der Waals surface area contributed by atoms with Crippen molar-refractivity contribution in [2.45, 2.75) is 57.6 Å². The van der Waals surface area contributed by atoms with Gasteiger partial charge in [-0.25, -0.2) is 8.42 Å².